The number of hydrogen-bond acceptors (Lipinski definition) is 8. The van der Waals surface area contributed by atoms with Crippen molar-refractivity contribution in [2.24, 2.45) is 11.8 Å². The van der Waals surface area contributed by atoms with Crippen LogP contribution in [0.4, 0.5) is 0 Å². The van der Waals surface area contributed by atoms with Gasteiger partial charge in [-0.25, -0.2) is 9.78 Å². The van der Waals surface area contributed by atoms with Gasteiger partial charge in [0.1, 0.15) is 28.9 Å². The number of ether oxygens (including phenoxy) is 1. The van der Waals surface area contributed by atoms with Crippen LogP contribution in [0.5, 0.6) is 0 Å². The lowest BCUT2D eigenvalue weighted by molar-refractivity contribution is -0.141. The Morgan fingerprint density at radius 3 is 2.43 bits per heavy atom. The molecule has 1 aliphatic heterocycles. The van der Waals surface area contributed by atoms with Gasteiger partial charge in [-0.05, 0) is 44.7 Å². The first-order chi connectivity index (χ1) is 19.9. The maximum atomic E-state index is 13.9. The van der Waals surface area contributed by atoms with Crippen LogP contribution in [0.1, 0.15) is 101 Å². The summed E-state index contributed by atoms with van der Waals surface area (Å²) in [6, 6.07) is -2.09. The van der Waals surface area contributed by atoms with Crippen LogP contribution < -0.4 is 10.6 Å². The average molecular weight is 610 g/mol. The minimum Gasteiger partial charge on any atom is -0.480 e. The monoisotopic (exact) mass is 609 g/mol. The molecular formula is C30H51N5O6S. The van der Waals surface area contributed by atoms with Gasteiger partial charge in [0.05, 0.1) is 6.04 Å². The Kier molecular flexibility index (Phi) is 14.3. The first kappa shape index (κ1) is 35.6. The SMILES string of the molecule is CCC[C@H](NC(=O)c1csc([C@@H](C[C@H](C(C)C)N(C)C(=O)[C@@H](NC(=O)[C@H]2CCCCN2C)[C@@H](C)CC)OC)n1)C(=O)O. The van der Waals surface area contributed by atoms with Crippen LogP contribution >= 0.6 is 11.3 Å². The Labute approximate surface area is 254 Å². The van der Waals surface area contributed by atoms with Crippen molar-refractivity contribution in [3.05, 3.63) is 16.1 Å². The highest BCUT2D eigenvalue weighted by atomic mass is 32.1. The number of nitrogens with one attached hydrogen (secondary N) is 2. The fourth-order valence-electron chi connectivity index (χ4n) is 5.43. The van der Waals surface area contributed by atoms with E-state index in [1.165, 1.54) is 11.3 Å². The molecule has 6 atom stereocenters. The van der Waals surface area contributed by atoms with Gasteiger partial charge in [-0.2, -0.15) is 0 Å². The van der Waals surface area contributed by atoms with E-state index in [0.29, 0.717) is 24.3 Å². The van der Waals surface area contributed by atoms with E-state index in [1.807, 2.05) is 41.7 Å². The zero-order chi connectivity index (χ0) is 31.6. The standard InChI is InChI=1S/C30H51N5O6S/c1-9-13-20(30(39)40)31-26(36)21-17-42-28(32-21)24(41-8)16-23(18(3)4)35(7)29(38)25(19(5)10-2)33-27(37)22-14-11-12-15-34(22)6/h17-20,22-25H,9-16H2,1-8H3,(H,31,36)(H,33,37)(H,39,40)/t19-,20-,22+,23+,24+,25-/m0/s1. The Balaban J connectivity index is 2.20. The molecule has 0 saturated carbocycles. The third-order valence-electron chi connectivity index (χ3n) is 8.42. The van der Waals surface area contributed by atoms with Crippen LogP contribution in [0.3, 0.4) is 0 Å². The molecule has 1 fully saturated rings. The van der Waals surface area contributed by atoms with Crippen molar-refractivity contribution in [1.82, 2.24) is 25.4 Å². The predicted octanol–water partition coefficient (Wildman–Crippen LogP) is 3.70. The quantitative estimate of drug-likeness (QED) is 0.258. The highest BCUT2D eigenvalue weighted by Crippen LogP contribution is 2.30. The number of methoxy groups -OCH3 is 1. The number of likely N-dealkylation sites (N-methyl/N-ethyl adjacent to an activating group) is 2. The van der Waals surface area contributed by atoms with Crippen molar-refractivity contribution in [2.45, 2.75) is 110 Å². The lowest BCUT2D eigenvalue weighted by Gasteiger charge is -2.38. The summed E-state index contributed by atoms with van der Waals surface area (Å²) >= 11 is 1.26. The molecule has 1 aliphatic rings. The molecule has 3 amide bonds. The first-order valence-corrected chi connectivity index (χ1v) is 16.0. The number of aliphatic carboxylic acids is 1. The number of thiazole rings is 1. The predicted molar refractivity (Wildman–Crippen MR) is 163 cm³/mol. The highest BCUT2D eigenvalue weighted by molar-refractivity contribution is 7.09. The maximum Gasteiger partial charge on any atom is 0.326 e. The summed E-state index contributed by atoms with van der Waals surface area (Å²) in [5, 5.41) is 17.2. The average Bonchev–Trinajstić information content (AvgIpc) is 3.45. The summed E-state index contributed by atoms with van der Waals surface area (Å²) in [5.74, 6) is -1.84. The molecular weight excluding hydrogens is 558 g/mol. The van der Waals surface area contributed by atoms with E-state index in [0.717, 1.165) is 32.2 Å². The largest absolute Gasteiger partial charge is 0.480 e. The van der Waals surface area contributed by atoms with Gasteiger partial charge in [-0.1, -0.05) is 53.9 Å². The minimum atomic E-state index is -1.08. The van der Waals surface area contributed by atoms with Crippen molar-refractivity contribution in [3.8, 4) is 0 Å². The van der Waals surface area contributed by atoms with Gasteiger partial charge in [0.2, 0.25) is 11.8 Å². The van der Waals surface area contributed by atoms with E-state index in [9.17, 15) is 24.3 Å². The van der Waals surface area contributed by atoms with Crippen LogP contribution in [0.15, 0.2) is 5.38 Å². The topological polar surface area (TPSA) is 141 Å². The molecule has 1 aromatic heterocycles. The van der Waals surface area contributed by atoms with Crippen molar-refractivity contribution in [3.63, 3.8) is 0 Å². The normalized spacial score (nSPS) is 19.4. The van der Waals surface area contributed by atoms with Crippen molar-refractivity contribution in [1.29, 1.82) is 0 Å². The van der Waals surface area contributed by atoms with Crippen LogP contribution in [-0.2, 0) is 19.1 Å². The molecule has 12 heteroatoms. The number of hydrogen-bond donors (Lipinski definition) is 3. The number of piperidine rings is 1. The molecule has 0 unspecified atom stereocenters. The smallest absolute Gasteiger partial charge is 0.326 e. The molecule has 238 valence electrons. The van der Waals surface area contributed by atoms with E-state index < -0.39 is 30.1 Å². The molecule has 42 heavy (non-hydrogen) atoms. The van der Waals surface area contributed by atoms with E-state index in [-0.39, 0.29) is 41.4 Å². The number of carboxylic acid groups (broad SMARTS) is 1. The zero-order valence-electron chi connectivity index (χ0n) is 26.5. The third-order valence-corrected chi connectivity index (χ3v) is 9.35. The number of carbonyl (C=O) groups is 4. The number of carboxylic acids is 1. The van der Waals surface area contributed by atoms with Gasteiger partial charge >= 0.3 is 5.97 Å². The first-order valence-electron chi connectivity index (χ1n) is 15.1. The van der Waals surface area contributed by atoms with Gasteiger partial charge in [-0.15, -0.1) is 11.3 Å². The van der Waals surface area contributed by atoms with Crippen LogP contribution in [0.2, 0.25) is 0 Å². The third kappa shape index (κ3) is 9.47. The molecule has 0 bridgehead atoms. The summed E-state index contributed by atoms with van der Waals surface area (Å²) in [6.45, 7) is 10.8. The molecule has 0 spiro atoms. The summed E-state index contributed by atoms with van der Waals surface area (Å²) in [7, 11) is 5.29. The second-order valence-electron chi connectivity index (χ2n) is 11.8. The van der Waals surface area contributed by atoms with Crippen molar-refractivity contribution in [2.75, 3.05) is 27.7 Å². The van der Waals surface area contributed by atoms with Gasteiger partial charge in [0.25, 0.3) is 5.91 Å². The molecule has 0 aliphatic carbocycles. The fraction of sp³-hybridized carbons (Fsp3) is 0.767. The van der Waals surface area contributed by atoms with E-state index >= 15 is 0 Å². The highest BCUT2D eigenvalue weighted by Gasteiger charge is 2.36. The zero-order valence-corrected chi connectivity index (χ0v) is 27.3. The summed E-state index contributed by atoms with van der Waals surface area (Å²) in [4.78, 5) is 59.6. The van der Waals surface area contributed by atoms with Gasteiger partial charge in [0.15, 0.2) is 0 Å². The van der Waals surface area contributed by atoms with Crippen molar-refractivity contribution < 1.29 is 29.0 Å². The van der Waals surface area contributed by atoms with E-state index in [1.54, 1.807) is 24.4 Å². The van der Waals surface area contributed by atoms with Gasteiger partial charge in [-0.3, -0.25) is 19.3 Å². The second kappa shape index (κ2) is 16.9. The molecule has 3 N–H and O–H groups in total. The van der Waals surface area contributed by atoms with Crippen LogP contribution in [0.25, 0.3) is 0 Å². The maximum absolute atomic E-state index is 13.9. The Bertz CT molecular complexity index is 1050. The Morgan fingerprint density at radius 2 is 1.88 bits per heavy atom. The van der Waals surface area contributed by atoms with Crippen LogP contribution in [-0.4, -0.2) is 95.5 Å². The lowest BCUT2D eigenvalue weighted by atomic mass is 9.92. The van der Waals surface area contributed by atoms with E-state index in [4.69, 9.17) is 4.74 Å². The molecule has 2 heterocycles. The fourth-order valence-corrected chi connectivity index (χ4v) is 6.32. The minimum absolute atomic E-state index is 0.0498. The molecule has 1 aromatic rings. The molecule has 1 saturated heterocycles. The van der Waals surface area contributed by atoms with Crippen LogP contribution in [0, 0.1) is 11.8 Å². The molecule has 0 radical (unpaired) electrons. The number of amides is 3. The lowest BCUT2D eigenvalue weighted by Crippen LogP contribution is -2.58. The molecule has 11 nitrogen and oxygen atoms in total. The summed E-state index contributed by atoms with van der Waals surface area (Å²) in [6.07, 6.45) is 4.48. The summed E-state index contributed by atoms with van der Waals surface area (Å²) in [5.41, 5.74) is 0.136. The number of nitrogens with zero attached hydrogens (tertiary/aromatic N) is 3. The number of likely N-dealkylation sites (tertiary alicyclic amines) is 1. The van der Waals surface area contributed by atoms with E-state index in [2.05, 4.69) is 20.5 Å². The second-order valence-corrected chi connectivity index (χ2v) is 12.7. The Hall–Kier alpha value is -2.57. The number of aromatic nitrogens is 1. The van der Waals surface area contributed by atoms with Gasteiger partial charge in [0, 0.05) is 32.0 Å². The van der Waals surface area contributed by atoms with Gasteiger partial charge < -0.3 is 25.4 Å². The number of carbonyl (C=O) groups excluding carboxylic acids is 3. The summed E-state index contributed by atoms with van der Waals surface area (Å²) < 4.78 is 5.79. The molecule has 0 aromatic carbocycles. The molecule has 2 rings (SSSR count). The van der Waals surface area contributed by atoms with Crippen molar-refractivity contribution >= 4 is 35.0 Å². The Morgan fingerprint density at radius 1 is 1.19 bits per heavy atom. The number of rotatable bonds is 16.